The largest absolute Gasteiger partial charge is 0.352 e. The van der Waals surface area contributed by atoms with E-state index in [0.717, 1.165) is 17.5 Å². The number of nitrogens with one attached hydrogen (secondary N) is 2. The molecule has 2 aromatic carbocycles. The Morgan fingerprint density at radius 3 is 2.33 bits per heavy atom. The number of carbonyl (C=O) groups excluding carboxylic acids is 1. The van der Waals surface area contributed by atoms with Gasteiger partial charge in [0.05, 0.1) is 10.8 Å². The van der Waals surface area contributed by atoms with Crippen molar-refractivity contribution in [2.45, 2.75) is 51.1 Å². The number of fused-ring (bicyclic) bond motifs is 2. The van der Waals surface area contributed by atoms with E-state index in [2.05, 4.69) is 23.9 Å². The molecule has 3 saturated carbocycles. The van der Waals surface area contributed by atoms with Gasteiger partial charge in [-0.15, -0.1) is 0 Å². The highest BCUT2D eigenvalue weighted by atomic mass is 32.2. The van der Waals surface area contributed by atoms with Crippen molar-refractivity contribution in [3.8, 4) is 0 Å². The fraction of sp³-hybridized carbons (Fsp3) is 0.458. The summed E-state index contributed by atoms with van der Waals surface area (Å²) in [5.41, 5.74) is 2.08. The van der Waals surface area contributed by atoms with Crippen molar-refractivity contribution >= 4 is 15.9 Å². The maximum absolute atomic E-state index is 13.1. The molecule has 5 rings (SSSR count). The zero-order chi connectivity index (χ0) is 21.5. The number of sulfonamides is 1. The minimum atomic E-state index is -3.70. The summed E-state index contributed by atoms with van der Waals surface area (Å²) in [6, 6.07) is 16.2. The van der Waals surface area contributed by atoms with Gasteiger partial charge in [-0.1, -0.05) is 61.9 Å². The molecule has 0 aliphatic heterocycles. The Kier molecular flexibility index (Phi) is 5.49. The number of carbonyl (C=O) groups is 1. The van der Waals surface area contributed by atoms with Gasteiger partial charge in [0.25, 0.3) is 0 Å². The first-order valence-corrected chi connectivity index (χ1v) is 12.1. The highest BCUT2D eigenvalue weighted by molar-refractivity contribution is 7.89. The summed E-state index contributed by atoms with van der Waals surface area (Å²) >= 11 is 0. The van der Waals surface area contributed by atoms with E-state index >= 15 is 0 Å². The molecule has 2 bridgehead atoms. The zero-order valence-electron chi connectivity index (χ0n) is 17.8. The number of rotatable bonds is 6. The molecule has 3 aliphatic carbocycles. The summed E-state index contributed by atoms with van der Waals surface area (Å²) in [4.78, 5) is 13.3. The molecular formula is C24H30N2O3S. The number of aryl methyl sites for hydroxylation is 1. The van der Waals surface area contributed by atoms with Gasteiger partial charge in [-0.3, -0.25) is 4.79 Å². The molecule has 0 heterocycles. The Bertz CT molecular complexity index is 1020. The van der Waals surface area contributed by atoms with Crippen LogP contribution in [-0.2, 0) is 21.4 Å². The van der Waals surface area contributed by atoms with Crippen LogP contribution in [0.25, 0.3) is 0 Å². The molecule has 160 valence electrons. The van der Waals surface area contributed by atoms with E-state index in [-0.39, 0.29) is 28.1 Å². The van der Waals surface area contributed by atoms with Gasteiger partial charge in [0.1, 0.15) is 0 Å². The Labute approximate surface area is 179 Å². The van der Waals surface area contributed by atoms with Crippen LogP contribution in [0.1, 0.15) is 37.8 Å². The molecule has 2 aromatic rings. The lowest BCUT2D eigenvalue weighted by Gasteiger charge is -2.62. The maximum Gasteiger partial charge on any atom is 0.240 e. The summed E-state index contributed by atoms with van der Waals surface area (Å²) in [5.74, 6) is 0.186. The number of hydrogen-bond acceptors (Lipinski definition) is 3. The molecule has 0 saturated heterocycles. The first-order chi connectivity index (χ1) is 14.2. The summed E-state index contributed by atoms with van der Waals surface area (Å²) in [6.45, 7) is 6.76. The molecule has 6 heteroatoms. The number of benzene rings is 2. The van der Waals surface area contributed by atoms with Crippen LogP contribution in [-0.4, -0.2) is 20.4 Å². The van der Waals surface area contributed by atoms with Crippen molar-refractivity contribution in [2.24, 2.45) is 23.2 Å². The van der Waals surface area contributed by atoms with E-state index < -0.39 is 16.1 Å². The minimum Gasteiger partial charge on any atom is -0.352 e. The second kappa shape index (κ2) is 7.82. The summed E-state index contributed by atoms with van der Waals surface area (Å²) < 4.78 is 29.1. The average molecular weight is 427 g/mol. The summed E-state index contributed by atoms with van der Waals surface area (Å²) in [6.07, 6.45) is 1.68. The third kappa shape index (κ3) is 3.91. The summed E-state index contributed by atoms with van der Waals surface area (Å²) in [7, 11) is -3.70. The average Bonchev–Trinajstić information content (AvgIpc) is 2.72. The molecule has 0 aromatic heterocycles. The second-order valence-electron chi connectivity index (χ2n) is 9.37. The predicted octanol–water partition coefficient (Wildman–Crippen LogP) is 3.64. The van der Waals surface area contributed by atoms with Crippen molar-refractivity contribution in [2.75, 3.05) is 0 Å². The van der Waals surface area contributed by atoms with Crippen molar-refractivity contribution in [3.05, 3.63) is 65.7 Å². The lowest BCUT2D eigenvalue weighted by molar-refractivity contribution is -0.145. The van der Waals surface area contributed by atoms with Gasteiger partial charge in [0.2, 0.25) is 15.9 Å². The topological polar surface area (TPSA) is 75.3 Å². The molecule has 0 unspecified atom stereocenters. The van der Waals surface area contributed by atoms with Crippen LogP contribution in [0.15, 0.2) is 59.5 Å². The molecule has 0 spiro atoms. The Morgan fingerprint density at radius 1 is 1.03 bits per heavy atom. The van der Waals surface area contributed by atoms with Gasteiger partial charge in [-0.25, -0.2) is 13.1 Å². The third-order valence-corrected chi connectivity index (χ3v) is 8.70. The van der Waals surface area contributed by atoms with Crippen LogP contribution in [0.2, 0.25) is 0 Å². The SMILES string of the molecule is Cc1ccc(S(=O)(=O)N[C@H]2[C@@H](C(=O)NCc3ccccc3)C[C@H]3C[C@@H]2C3(C)C)cc1. The van der Waals surface area contributed by atoms with Gasteiger partial charge < -0.3 is 5.32 Å². The monoisotopic (exact) mass is 426 g/mol. The highest BCUT2D eigenvalue weighted by Gasteiger charge is 2.59. The third-order valence-electron chi connectivity index (χ3n) is 7.22. The molecule has 3 aliphatic rings. The summed E-state index contributed by atoms with van der Waals surface area (Å²) in [5, 5.41) is 3.03. The molecule has 4 atom stereocenters. The Balaban J connectivity index is 1.54. The van der Waals surface area contributed by atoms with Gasteiger partial charge >= 0.3 is 0 Å². The van der Waals surface area contributed by atoms with Crippen LogP contribution in [0.3, 0.4) is 0 Å². The quantitative estimate of drug-likeness (QED) is 0.741. The van der Waals surface area contributed by atoms with Gasteiger partial charge in [-0.05, 0) is 54.7 Å². The Morgan fingerprint density at radius 2 is 1.70 bits per heavy atom. The van der Waals surface area contributed by atoms with Crippen molar-refractivity contribution < 1.29 is 13.2 Å². The molecule has 30 heavy (non-hydrogen) atoms. The van der Waals surface area contributed by atoms with E-state index in [0.29, 0.717) is 18.9 Å². The van der Waals surface area contributed by atoms with Gasteiger partial charge in [-0.2, -0.15) is 0 Å². The van der Waals surface area contributed by atoms with E-state index in [1.165, 1.54) is 0 Å². The molecular weight excluding hydrogens is 396 g/mol. The van der Waals surface area contributed by atoms with Crippen LogP contribution < -0.4 is 10.0 Å². The van der Waals surface area contributed by atoms with Crippen LogP contribution in [0.4, 0.5) is 0 Å². The van der Waals surface area contributed by atoms with E-state index in [4.69, 9.17) is 0 Å². The van der Waals surface area contributed by atoms with Crippen LogP contribution >= 0.6 is 0 Å². The van der Waals surface area contributed by atoms with Crippen molar-refractivity contribution in [1.29, 1.82) is 0 Å². The van der Waals surface area contributed by atoms with Crippen LogP contribution in [0, 0.1) is 30.1 Å². The van der Waals surface area contributed by atoms with Gasteiger partial charge in [0, 0.05) is 12.6 Å². The Hall–Kier alpha value is -2.18. The molecule has 2 N–H and O–H groups in total. The standard InChI is InChI=1S/C24H30N2O3S/c1-16-9-11-19(12-10-16)30(28,29)26-22-20(13-18-14-21(22)24(18,2)3)23(27)25-15-17-7-5-4-6-8-17/h4-12,18,20-22,26H,13-15H2,1-3H3,(H,25,27)/t18-,20-,21-,22-/m0/s1. The molecule has 0 radical (unpaired) electrons. The first-order valence-electron chi connectivity index (χ1n) is 10.6. The second-order valence-corrected chi connectivity index (χ2v) is 11.1. The minimum absolute atomic E-state index is 0.0384. The lowest BCUT2D eigenvalue weighted by atomic mass is 9.45. The molecule has 5 nitrogen and oxygen atoms in total. The van der Waals surface area contributed by atoms with Crippen molar-refractivity contribution in [3.63, 3.8) is 0 Å². The smallest absolute Gasteiger partial charge is 0.240 e. The highest BCUT2D eigenvalue weighted by Crippen LogP contribution is 2.60. The molecule has 3 fully saturated rings. The first kappa shape index (κ1) is 21.1. The van der Waals surface area contributed by atoms with E-state index in [9.17, 15) is 13.2 Å². The van der Waals surface area contributed by atoms with E-state index in [1.54, 1.807) is 24.3 Å². The number of amides is 1. The maximum atomic E-state index is 13.1. The molecule has 1 amide bonds. The van der Waals surface area contributed by atoms with Crippen LogP contribution in [0.5, 0.6) is 0 Å². The van der Waals surface area contributed by atoms with Gasteiger partial charge in [0.15, 0.2) is 0 Å². The van der Waals surface area contributed by atoms with E-state index in [1.807, 2.05) is 37.3 Å². The number of hydrogen-bond donors (Lipinski definition) is 2. The normalized spacial score (nSPS) is 27.2. The predicted molar refractivity (Wildman–Crippen MR) is 117 cm³/mol. The zero-order valence-corrected chi connectivity index (χ0v) is 18.6. The lowest BCUT2D eigenvalue weighted by Crippen LogP contribution is -2.65. The van der Waals surface area contributed by atoms with Crippen molar-refractivity contribution in [1.82, 2.24) is 10.0 Å². The fourth-order valence-corrected chi connectivity index (χ4v) is 6.43. The fourth-order valence-electron chi connectivity index (χ4n) is 5.11.